The van der Waals surface area contributed by atoms with Gasteiger partial charge in [0.25, 0.3) is 0 Å². The van der Waals surface area contributed by atoms with E-state index in [4.69, 9.17) is 0 Å². The van der Waals surface area contributed by atoms with Crippen molar-refractivity contribution >= 4 is 0 Å². The van der Waals surface area contributed by atoms with Crippen LogP contribution in [-0.2, 0) is 6.42 Å². The molecular formula is C15H22O3. The summed E-state index contributed by atoms with van der Waals surface area (Å²) in [6.45, 7) is 0. The van der Waals surface area contributed by atoms with Gasteiger partial charge in [0.1, 0.15) is 0 Å². The summed E-state index contributed by atoms with van der Waals surface area (Å²) in [5.74, 6) is 0.144. The molecule has 1 saturated carbocycles. The number of hydrogen-bond donors (Lipinski definition) is 3. The van der Waals surface area contributed by atoms with Crippen molar-refractivity contribution in [1.82, 2.24) is 0 Å². The fraction of sp³-hybridized carbons (Fsp3) is 0.600. The quantitative estimate of drug-likeness (QED) is 0.742. The van der Waals surface area contributed by atoms with Gasteiger partial charge in [-0.25, -0.2) is 0 Å². The van der Waals surface area contributed by atoms with Crippen molar-refractivity contribution in [1.29, 1.82) is 0 Å². The zero-order valence-electron chi connectivity index (χ0n) is 10.6. The number of aliphatic hydroxyl groups excluding tert-OH is 3. The fourth-order valence-electron chi connectivity index (χ4n) is 2.78. The van der Waals surface area contributed by atoms with E-state index >= 15 is 0 Å². The summed E-state index contributed by atoms with van der Waals surface area (Å²) in [5.41, 5.74) is 1.14. The van der Waals surface area contributed by atoms with Gasteiger partial charge in [-0.3, -0.25) is 0 Å². The van der Waals surface area contributed by atoms with Crippen LogP contribution in [-0.4, -0.2) is 33.6 Å². The molecule has 3 nitrogen and oxygen atoms in total. The molecule has 0 aromatic heterocycles. The fourth-order valence-corrected chi connectivity index (χ4v) is 2.78. The lowest BCUT2D eigenvalue weighted by atomic mass is 9.95. The summed E-state index contributed by atoms with van der Waals surface area (Å²) in [7, 11) is 0. The van der Waals surface area contributed by atoms with E-state index < -0.39 is 6.10 Å². The Balaban J connectivity index is 1.73. The van der Waals surface area contributed by atoms with Gasteiger partial charge in [-0.1, -0.05) is 30.3 Å². The topological polar surface area (TPSA) is 60.7 Å². The molecule has 0 spiro atoms. The maximum Gasteiger partial charge on any atom is 0.0594 e. The van der Waals surface area contributed by atoms with E-state index in [1.165, 1.54) is 0 Å². The van der Waals surface area contributed by atoms with Crippen molar-refractivity contribution in [3.63, 3.8) is 0 Å². The van der Waals surface area contributed by atoms with E-state index in [1.807, 2.05) is 30.3 Å². The van der Waals surface area contributed by atoms with Gasteiger partial charge in [0.05, 0.1) is 18.3 Å². The zero-order valence-corrected chi connectivity index (χ0v) is 10.6. The first kappa shape index (κ1) is 13.5. The van der Waals surface area contributed by atoms with E-state index in [2.05, 4.69) is 0 Å². The molecule has 1 aliphatic rings. The Hall–Kier alpha value is -0.900. The largest absolute Gasteiger partial charge is 0.393 e. The average Bonchev–Trinajstić information content (AvgIpc) is 2.66. The summed E-state index contributed by atoms with van der Waals surface area (Å²) in [6.07, 6.45) is 2.15. The molecule has 4 atom stereocenters. The minimum absolute atomic E-state index is 0.144. The highest BCUT2D eigenvalue weighted by Crippen LogP contribution is 2.30. The van der Waals surface area contributed by atoms with Crippen LogP contribution in [0, 0.1) is 5.92 Å². The van der Waals surface area contributed by atoms with Crippen LogP contribution in [0.25, 0.3) is 0 Å². The van der Waals surface area contributed by atoms with Crippen LogP contribution in [0.1, 0.15) is 31.2 Å². The lowest BCUT2D eigenvalue weighted by Gasteiger charge is -2.16. The Kier molecular flexibility index (Phi) is 4.75. The molecular weight excluding hydrogens is 228 g/mol. The molecule has 100 valence electrons. The van der Waals surface area contributed by atoms with Gasteiger partial charge >= 0.3 is 0 Å². The second kappa shape index (κ2) is 6.32. The highest BCUT2D eigenvalue weighted by molar-refractivity contribution is 5.15. The Morgan fingerprint density at radius 1 is 1.11 bits per heavy atom. The molecule has 0 saturated heterocycles. The zero-order chi connectivity index (χ0) is 13.0. The molecule has 1 aromatic rings. The van der Waals surface area contributed by atoms with E-state index in [0.29, 0.717) is 25.7 Å². The molecule has 0 heterocycles. The molecule has 0 aliphatic heterocycles. The van der Waals surface area contributed by atoms with Crippen LogP contribution in [0.4, 0.5) is 0 Å². The highest BCUT2D eigenvalue weighted by atomic mass is 16.3. The van der Waals surface area contributed by atoms with Crippen molar-refractivity contribution in [3.8, 4) is 0 Å². The van der Waals surface area contributed by atoms with E-state index in [-0.39, 0.29) is 18.1 Å². The standard InChI is InChI=1S/C15H22O3/c16-13(8-11-4-2-1-3-5-11)7-6-12-9-14(17)10-15(12)18/h1-5,12-18H,6-10H2. The Morgan fingerprint density at radius 2 is 1.83 bits per heavy atom. The molecule has 4 unspecified atom stereocenters. The molecule has 1 fully saturated rings. The maximum atomic E-state index is 9.97. The summed E-state index contributed by atoms with van der Waals surface area (Å²) in [6, 6.07) is 9.93. The first-order valence-electron chi connectivity index (χ1n) is 6.73. The normalized spacial score (nSPS) is 29.4. The third kappa shape index (κ3) is 3.80. The molecule has 1 aromatic carbocycles. The van der Waals surface area contributed by atoms with E-state index in [1.54, 1.807) is 0 Å². The van der Waals surface area contributed by atoms with Crippen molar-refractivity contribution in [2.75, 3.05) is 0 Å². The number of hydrogen-bond acceptors (Lipinski definition) is 3. The summed E-state index contributed by atoms with van der Waals surface area (Å²) < 4.78 is 0. The Bertz CT molecular complexity index is 352. The van der Waals surface area contributed by atoms with Crippen LogP contribution in [0.2, 0.25) is 0 Å². The monoisotopic (exact) mass is 250 g/mol. The maximum absolute atomic E-state index is 9.97. The van der Waals surface area contributed by atoms with Crippen molar-refractivity contribution in [3.05, 3.63) is 35.9 Å². The SMILES string of the molecule is OC(CCC1CC(O)CC1O)Cc1ccccc1. The third-order valence-corrected chi connectivity index (χ3v) is 3.82. The summed E-state index contributed by atoms with van der Waals surface area (Å²) in [5, 5.41) is 29.1. The second-order valence-corrected chi connectivity index (χ2v) is 5.37. The first-order chi connectivity index (χ1) is 8.65. The van der Waals surface area contributed by atoms with Gasteiger partial charge in [-0.05, 0) is 43.6 Å². The number of rotatable bonds is 5. The Labute approximate surface area is 108 Å². The molecule has 0 bridgehead atoms. The summed E-state index contributed by atoms with van der Waals surface area (Å²) in [4.78, 5) is 0. The number of benzene rings is 1. The van der Waals surface area contributed by atoms with Crippen LogP contribution in [0.3, 0.4) is 0 Å². The minimum atomic E-state index is -0.399. The second-order valence-electron chi connectivity index (χ2n) is 5.37. The van der Waals surface area contributed by atoms with Gasteiger partial charge in [0.2, 0.25) is 0 Å². The highest BCUT2D eigenvalue weighted by Gasteiger charge is 2.31. The molecule has 18 heavy (non-hydrogen) atoms. The van der Waals surface area contributed by atoms with Gasteiger partial charge in [0, 0.05) is 0 Å². The van der Waals surface area contributed by atoms with E-state index in [9.17, 15) is 15.3 Å². The molecule has 3 heteroatoms. The average molecular weight is 250 g/mol. The Morgan fingerprint density at radius 3 is 2.44 bits per heavy atom. The van der Waals surface area contributed by atoms with Gasteiger partial charge in [-0.2, -0.15) is 0 Å². The number of aliphatic hydroxyl groups is 3. The molecule has 2 rings (SSSR count). The predicted octanol–water partition coefficient (Wildman–Crippen LogP) is 1.50. The lowest BCUT2D eigenvalue weighted by Crippen LogP contribution is -2.17. The third-order valence-electron chi connectivity index (χ3n) is 3.82. The van der Waals surface area contributed by atoms with Crippen LogP contribution < -0.4 is 0 Å². The first-order valence-corrected chi connectivity index (χ1v) is 6.73. The van der Waals surface area contributed by atoms with Crippen LogP contribution in [0.15, 0.2) is 30.3 Å². The van der Waals surface area contributed by atoms with Crippen molar-refractivity contribution in [2.24, 2.45) is 5.92 Å². The summed E-state index contributed by atoms with van der Waals surface area (Å²) >= 11 is 0. The van der Waals surface area contributed by atoms with Crippen molar-refractivity contribution < 1.29 is 15.3 Å². The predicted molar refractivity (Wildman–Crippen MR) is 70.1 cm³/mol. The minimum Gasteiger partial charge on any atom is -0.393 e. The van der Waals surface area contributed by atoms with Gasteiger partial charge in [0.15, 0.2) is 0 Å². The van der Waals surface area contributed by atoms with Crippen LogP contribution in [0.5, 0.6) is 0 Å². The smallest absolute Gasteiger partial charge is 0.0594 e. The van der Waals surface area contributed by atoms with Crippen molar-refractivity contribution in [2.45, 2.75) is 50.4 Å². The van der Waals surface area contributed by atoms with Crippen LogP contribution >= 0.6 is 0 Å². The molecule has 3 N–H and O–H groups in total. The lowest BCUT2D eigenvalue weighted by molar-refractivity contribution is 0.102. The van der Waals surface area contributed by atoms with E-state index in [0.717, 1.165) is 12.0 Å². The molecule has 1 aliphatic carbocycles. The molecule has 0 amide bonds. The van der Waals surface area contributed by atoms with Gasteiger partial charge in [-0.15, -0.1) is 0 Å². The van der Waals surface area contributed by atoms with Gasteiger partial charge < -0.3 is 15.3 Å². The molecule has 0 radical (unpaired) electrons.